The quantitative estimate of drug-likeness (QED) is 0.819. The molecule has 0 aliphatic heterocycles. The number of aryl methyl sites for hydroxylation is 1. The number of benzene rings is 1. The highest BCUT2D eigenvalue weighted by atomic mass is 16.1. The SMILES string of the molecule is C=CCNC(=O)c1cccc(-c2nnnn2CC)c1. The first-order chi connectivity index (χ1) is 9.26. The molecule has 6 nitrogen and oxygen atoms in total. The Bertz CT molecular complexity index is 590. The van der Waals surface area contributed by atoms with Gasteiger partial charge in [0.15, 0.2) is 5.82 Å². The minimum absolute atomic E-state index is 0.141. The third-order valence-corrected chi connectivity index (χ3v) is 2.62. The fraction of sp³-hybridized carbons (Fsp3) is 0.231. The second-order valence-electron chi connectivity index (χ2n) is 3.90. The highest BCUT2D eigenvalue weighted by Gasteiger charge is 2.10. The Balaban J connectivity index is 2.29. The predicted octanol–water partition coefficient (Wildman–Crippen LogP) is 1.28. The number of rotatable bonds is 5. The van der Waals surface area contributed by atoms with Crippen LogP contribution >= 0.6 is 0 Å². The lowest BCUT2D eigenvalue weighted by Gasteiger charge is -2.05. The van der Waals surface area contributed by atoms with E-state index < -0.39 is 0 Å². The number of hydrogen-bond acceptors (Lipinski definition) is 4. The molecule has 0 bridgehead atoms. The largest absolute Gasteiger partial charge is 0.349 e. The van der Waals surface area contributed by atoms with E-state index in [0.717, 1.165) is 5.56 Å². The lowest BCUT2D eigenvalue weighted by atomic mass is 10.1. The lowest BCUT2D eigenvalue weighted by molar-refractivity contribution is 0.0958. The standard InChI is InChI=1S/C13H15N5O/c1-3-8-14-13(19)11-7-5-6-10(9-11)12-15-16-17-18(12)4-2/h3,5-7,9H,1,4,8H2,2H3,(H,14,19). The van der Waals surface area contributed by atoms with Gasteiger partial charge in [-0.05, 0) is 29.5 Å². The zero-order valence-corrected chi connectivity index (χ0v) is 10.7. The first-order valence-corrected chi connectivity index (χ1v) is 6.02. The number of nitrogens with zero attached hydrogens (tertiary/aromatic N) is 4. The van der Waals surface area contributed by atoms with Crippen LogP contribution in [0.4, 0.5) is 0 Å². The Kier molecular flexibility index (Phi) is 4.02. The van der Waals surface area contributed by atoms with Crippen LogP contribution in [-0.4, -0.2) is 32.7 Å². The van der Waals surface area contributed by atoms with Gasteiger partial charge in [-0.25, -0.2) is 4.68 Å². The van der Waals surface area contributed by atoms with E-state index in [9.17, 15) is 4.79 Å². The molecule has 6 heteroatoms. The van der Waals surface area contributed by atoms with Crippen molar-refractivity contribution in [3.8, 4) is 11.4 Å². The molecule has 1 aromatic carbocycles. The summed E-state index contributed by atoms with van der Waals surface area (Å²) in [5.74, 6) is 0.512. The number of carbonyl (C=O) groups is 1. The molecule has 0 unspecified atom stereocenters. The molecule has 0 spiro atoms. The van der Waals surface area contributed by atoms with Gasteiger partial charge in [0.05, 0.1) is 0 Å². The lowest BCUT2D eigenvalue weighted by Crippen LogP contribution is -2.23. The molecule has 0 radical (unpaired) electrons. The molecule has 1 amide bonds. The Morgan fingerprint density at radius 2 is 2.37 bits per heavy atom. The minimum Gasteiger partial charge on any atom is -0.349 e. The number of amides is 1. The van der Waals surface area contributed by atoms with Crippen molar-refractivity contribution in [2.24, 2.45) is 0 Å². The maximum Gasteiger partial charge on any atom is 0.251 e. The van der Waals surface area contributed by atoms with Crippen LogP contribution in [0.2, 0.25) is 0 Å². The van der Waals surface area contributed by atoms with Crippen molar-refractivity contribution >= 4 is 5.91 Å². The van der Waals surface area contributed by atoms with Crippen molar-refractivity contribution in [2.45, 2.75) is 13.5 Å². The normalized spacial score (nSPS) is 10.2. The molecule has 0 aliphatic carbocycles. The van der Waals surface area contributed by atoms with Gasteiger partial charge in [0.2, 0.25) is 0 Å². The molecule has 19 heavy (non-hydrogen) atoms. The molecule has 0 fully saturated rings. The average Bonchev–Trinajstić information content (AvgIpc) is 2.93. The Morgan fingerprint density at radius 3 is 3.11 bits per heavy atom. The Morgan fingerprint density at radius 1 is 1.53 bits per heavy atom. The molecular weight excluding hydrogens is 242 g/mol. The second-order valence-corrected chi connectivity index (χ2v) is 3.90. The van der Waals surface area contributed by atoms with Gasteiger partial charge in [0.25, 0.3) is 5.91 Å². The molecule has 1 N–H and O–H groups in total. The summed E-state index contributed by atoms with van der Waals surface area (Å²) in [5, 5.41) is 14.2. The van der Waals surface area contributed by atoms with E-state index in [4.69, 9.17) is 0 Å². The van der Waals surface area contributed by atoms with Crippen LogP contribution in [-0.2, 0) is 6.54 Å². The average molecular weight is 257 g/mol. The van der Waals surface area contributed by atoms with Gasteiger partial charge in [-0.1, -0.05) is 18.2 Å². The van der Waals surface area contributed by atoms with E-state index in [1.165, 1.54) is 0 Å². The molecule has 0 aliphatic rings. The smallest absolute Gasteiger partial charge is 0.251 e. The summed E-state index contributed by atoms with van der Waals surface area (Å²) in [6.07, 6.45) is 1.64. The van der Waals surface area contributed by atoms with E-state index >= 15 is 0 Å². The molecule has 98 valence electrons. The second kappa shape index (κ2) is 5.90. The summed E-state index contributed by atoms with van der Waals surface area (Å²) in [5.41, 5.74) is 1.39. The Labute approximate surface area is 111 Å². The van der Waals surface area contributed by atoms with Gasteiger partial charge < -0.3 is 5.32 Å². The summed E-state index contributed by atoms with van der Waals surface area (Å²) in [4.78, 5) is 11.9. The van der Waals surface area contributed by atoms with E-state index in [2.05, 4.69) is 27.4 Å². The highest BCUT2D eigenvalue weighted by molar-refractivity contribution is 5.95. The van der Waals surface area contributed by atoms with Crippen LogP contribution in [0.3, 0.4) is 0 Å². The molecule has 0 saturated heterocycles. The first kappa shape index (κ1) is 12.9. The fourth-order valence-corrected chi connectivity index (χ4v) is 1.69. The molecule has 1 heterocycles. The predicted molar refractivity (Wildman–Crippen MR) is 71.5 cm³/mol. The molecule has 1 aromatic heterocycles. The summed E-state index contributed by atoms with van der Waals surface area (Å²) < 4.78 is 1.68. The molecule has 2 rings (SSSR count). The zero-order chi connectivity index (χ0) is 13.7. The van der Waals surface area contributed by atoms with Gasteiger partial charge in [0, 0.05) is 24.2 Å². The van der Waals surface area contributed by atoms with Crippen LogP contribution in [0.5, 0.6) is 0 Å². The number of hydrogen-bond donors (Lipinski definition) is 1. The summed E-state index contributed by atoms with van der Waals surface area (Å²) >= 11 is 0. The summed E-state index contributed by atoms with van der Waals surface area (Å²) in [7, 11) is 0. The van der Waals surface area contributed by atoms with E-state index in [1.54, 1.807) is 22.9 Å². The third kappa shape index (κ3) is 2.85. The summed E-state index contributed by atoms with van der Waals surface area (Å²) in [6, 6.07) is 7.22. The van der Waals surface area contributed by atoms with Crippen LogP contribution in [0.25, 0.3) is 11.4 Å². The topological polar surface area (TPSA) is 72.7 Å². The maximum atomic E-state index is 11.9. The highest BCUT2D eigenvalue weighted by Crippen LogP contribution is 2.17. The van der Waals surface area contributed by atoms with Crippen molar-refractivity contribution in [3.05, 3.63) is 42.5 Å². The number of tetrazole rings is 1. The van der Waals surface area contributed by atoms with Gasteiger partial charge in [-0.2, -0.15) is 0 Å². The van der Waals surface area contributed by atoms with Crippen molar-refractivity contribution in [1.29, 1.82) is 0 Å². The van der Waals surface area contributed by atoms with Gasteiger partial charge in [0.1, 0.15) is 0 Å². The van der Waals surface area contributed by atoms with Gasteiger partial charge >= 0.3 is 0 Å². The van der Waals surface area contributed by atoms with E-state index in [-0.39, 0.29) is 5.91 Å². The maximum absolute atomic E-state index is 11.9. The van der Waals surface area contributed by atoms with Crippen molar-refractivity contribution in [3.63, 3.8) is 0 Å². The van der Waals surface area contributed by atoms with Crippen molar-refractivity contribution in [2.75, 3.05) is 6.54 Å². The zero-order valence-electron chi connectivity index (χ0n) is 10.7. The molecule has 0 saturated carbocycles. The number of carbonyl (C=O) groups excluding carboxylic acids is 1. The number of aromatic nitrogens is 4. The summed E-state index contributed by atoms with van der Waals surface area (Å²) in [6.45, 7) is 6.64. The van der Waals surface area contributed by atoms with E-state index in [0.29, 0.717) is 24.5 Å². The monoisotopic (exact) mass is 257 g/mol. The molecule has 2 aromatic rings. The molecule has 0 atom stereocenters. The van der Waals surface area contributed by atoms with Crippen molar-refractivity contribution < 1.29 is 4.79 Å². The van der Waals surface area contributed by atoms with Gasteiger partial charge in [-0.3, -0.25) is 4.79 Å². The van der Waals surface area contributed by atoms with Crippen LogP contribution < -0.4 is 5.32 Å². The van der Waals surface area contributed by atoms with Crippen LogP contribution in [0.15, 0.2) is 36.9 Å². The fourth-order valence-electron chi connectivity index (χ4n) is 1.69. The third-order valence-electron chi connectivity index (χ3n) is 2.62. The number of nitrogens with one attached hydrogen (secondary N) is 1. The first-order valence-electron chi connectivity index (χ1n) is 6.02. The Hall–Kier alpha value is -2.50. The van der Waals surface area contributed by atoms with Gasteiger partial charge in [-0.15, -0.1) is 11.7 Å². The van der Waals surface area contributed by atoms with Crippen LogP contribution in [0, 0.1) is 0 Å². The van der Waals surface area contributed by atoms with E-state index in [1.807, 2.05) is 19.1 Å². The van der Waals surface area contributed by atoms with Crippen LogP contribution in [0.1, 0.15) is 17.3 Å². The van der Waals surface area contributed by atoms with Crippen molar-refractivity contribution in [1.82, 2.24) is 25.5 Å². The molecular formula is C13H15N5O. The minimum atomic E-state index is -0.141.